The van der Waals surface area contributed by atoms with Gasteiger partial charge in [-0.25, -0.2) is 0 Å². The van der Waals surface area contributed by atoms with E-state index in [0.29, 0.717) is 15.9 Å². The lowest BCUT2D eigenvalue weighted by atomic mass is 10.1. The van der Waals surface area contributed by atoms with Crippen molar-refractivity contribution in [2.24, 2.45) is 0 Å². The van der Waals surface area contributed by atoms with Gasteiger partial charge >= 0.3 is 0 Å². The summed E-state index contributed by atoms with van der Waals surface area (Å²) in [6, 6.07) is 13.2. The molecule has 6 nitrogen and oxygen atoms in total. The third-order valence-electron chi connectivity index (χ3n) is 3.75. The van der Waals surface area contributed by atoms with E-state index in [1.165, 1.54) is 11.8 Å². The van der Waals surface area contributed by atoms with Crippen LogP contribution in [0.1, 0.15) is 11.1 Å². The maximum Gasteiger partial charge on any atom is 0.214 e. The van der Waals surface area contributed by atoms with Crippen LogP contribution < -0.4 is 4.74 Å². The molecular formula is C18H19ClN4O2S. The van der Waals surface area contributed by atoms with Crippen LogP contribution in [-0.2, 0) is 0 Å². The van der Waals surface area contributed by atoms with E-state index >= 15 is 0 Å². The Morgan fingerprint density at radius 1 is 1.15 bits per heavy atom. The normalized spacial score (nSPS) is 12.2. The number of thioether (sulfide) groups is 1. The predicted molar refractivity (Wildman–Crippen MR) is 102 cm³/mol. The Kier molecular flexibility index (Phi) is 6.13. The average Bonchev–Trinajstić information content (AvgIpc) is 3.09. The molecule has 0 saturated carbocycles. The number of rotatable bonds is 7. The molecule has 3 rings (SSSR count). The molecule has 8 heteroatoms. The van der Waals surface area contributed by atoms with E-state index in [2.05, 4.69) is 15.5 Å². The van der Waals surface area contributed by atoms with Gasteiger partial charge in [0.15, 0.2) is 0 Å². The van der Waals surface area contributed by atoms with Crippen LogP contribution in [0.4, 0.5) is 0 Å². The Labute approximate surface area is 161 Å². The van der Waals surface area contributed by atoms with E-state index in [-0.39, 0.29) is 6.61 Å². The second kappa shape index (κ2) is 8.53. The molecule has 136 valence electrons. The summed E-state index contributed by atoms with van der Waals surface area (Å²) >= 11 is 7.28. The minimum atomic E-state index is -0.644. The highest BCUT2D eigenvalue weighted by Crippen LogP contribution is 2.24. The lowest BCUT2D eigenvalue weighted by Crippen LogP contribution is -2.21. The van der Waals surface area contributed by atoms with E-state index in [1.807, 2.05) is 44.2 Å². The lowest BCUT2D eigenvalue weighted by Gasteiger charge is -2.15. The van der Waals surface area contributed by atoms with Crippen molar-refractivity contribution in [3.05, 3.63) is 58.6 Å². The molecule has 0 spiro atoms. The number of aliphatic hydroxyl groups is 1. The number of aromatic nitrogens is 4. The maximum absolute atomic E-state index is 10.2. The van der Waals surface area contributed by atoms with E-state index in [0.717, 1.165) is 22.6 Å². The minimum absolute atomic E-state index is 0.210. The van der Waals surface area contributed by atoms with Gasteiger partial charge in [-0.05, 0) is 59.7 Å². The number of hydrogen-bond donors (Lipinski definition) is 1. The first-order valence-electron chi connectivity index (χ1n) is 8.09. The Bertz CT molecular complexity index is 850. The molecule has 1 atom stereocenters. The van der Waals surface area contributed by atoms with E-state index in [4.69, 9.17) is 16.3 Å². The van der Waals surface area contributed by atoms with Crippen LogP contribution in [0.5, 0.6) is 5.75 Å². The summed E-state index contributed by atoms with van der Waals surface area (Å²) < 4.78 is 7.40. The number of tetrazole rings is 1. The Hall–Kier alpha value is -2.09. The number of nitrogens with zero attached hydrogens (tertiary/aromatic N) is 4. The van der Waals surface area contributed by atoms with Gasteiger partial charge in [-0.15, -0.1) is 5.10 Å². The summed E-state index contributed by atoms with van der Waals surface area (Å²) in [4.78, 5) is 0. The average molecular weight is 391 g/mol. The lowest BCUT2D eigenvalue weighted by molar-refractivity contribution is 0.125. The first-order chi connectivity index (χ1) is 12.5. The van der Waals surface area contributed by atoms with E-state index < -0.39 is 6.10 Å². The van der Waals surface area contributed by atoms with Crippen molar-refractivity contribution in [3.8, 4) is 11.4 Å². The molecule has 1 aromatic heterocycles. The largest absolute Gasteiger partial charge is 0.490 e. The molecule has 1 N–H and O–H groups in total. The summed E-state index contributed by atoms with van der Waals surface area (Å²) in [6.07, 6.45) is -0.644. The molecule has 0 bridgehead atoms. The van der Waals surface area contributed by atoms with E-state index in [9.17, 15) is 5.11 Å². The first kappa shape index (κ1) is 18.7. The monoisotopic (exact) mass is 390 g/mol. The van der Waals surface area contributed by atoms with E-state index in [1.54, 1.807) is 16.8 Å². The second-order valence-corrected chi connectivity index (χ2v) is 7.27. The van der Waals surface area contributed by atoms with Gasteiger partial charge in [-0.1, -0.05) is 41.6 Å². The highest BCUT2D eigenvalue weighted by Gasteiger charge is 2.14. The Balaban J connectivity index is 1.58. The van der Waals surface area contributed by atoms with Crippen LogP contribution in [0, 0.1) is 13.8 Å². The van der Waals surface area contributed by atoms with Gasteiger partial charge in [0.1, 0.15) is 12.4 Å². The molecule has 3 aromatic rings. The zero-order chi connectivity index (χ0) is 18.5. The molecule has 0 unspecified atom stereocenters. The molecule has 0 amide bonds. The van der Waals surface area contributed by atoms with Crippen molar-refractivity contribution in [2.75, 3.05) is 12.4 Å². The third kappa shape index (κ3) is 4.55. The number of aliphatic hydroxyl groups excluding tert-OH is 1. The molecule has 26 heavy (non-hydrogen) atoms. The molecule has 1 heterocycles. The van der Waals surface area contributed by atoms with Gasteiger partial charge in [0, 0.05) is 10.8 Å². The van der Waals surface area contributed by atoms with Crippen LogP contribution in [0.15, 0.2) is 47.6 Å². The van der Waals surface area contributed by atoms with Crippen molar-refractivity contribution >= 4 is 23.4 Å². The standard InChI is InChI=1S/C18H19ClN4O2S/c1-12-4-3-5-13(2)17(12)25-10-16(24)11-26-18-20-21-22-23(18)15-8-6-14(19)7-9-15/h3-9,16,24H,10-11H2,1-2H3/t16-/m1/s1. The molecule has 0 aliphatic carbocycles. The number of halogens is 1. The van der Waals surface area contributed by atoms with Crippen LogP contribution in [-0.4, -0.2) is 43.8 Å². The molecule has 0 aliphatic heterocycles. The van der Waals surface area contributed by atoms with Crippen LogP contribution in [0.3, 0.4) is 0 Å². The van der Waals surface area contributed by atoms with Gasteiger partial charge in [-0.2, -0.15) is 4.68 Å². The summed E-state index contributed by atoms with van der Waals surface area (Å²) in [7, 11) is 0. The summed E-state index contributed by atoms with van der Waals surface area (Å²) in [5.41, 5.74) is 2.91. The van der Waals surface area contributed by atoms with Gasteiger partial charge in [0.25, 0.3) is 0 Å². The fourth-order valence-corrected chi connectivity index (χ4v) is 3.36. The molecule has 2 aromatic carbocycles. The molecule has 0 radical (unpaired) electrons. The maximum atomic E-state index is 10.2. The second-order valence-electron chi connectivity index (χ2n) is 5.85. The fourth-order valence-electron chi connectivity index (χ4n) is 2.44. The van der Waals surface area contributed by atoms with Crippen LogP contribution in [0.2, 0.25) is 5.02 Å². The van der Waals surface area contributed by atoms with Crippen molar-refractivity contribution in [1.29, 1.82) is 0 Å². The van der Waals surface area contributed by atoms with Crippen molar-refractivity contribution in [3.63, 3.8) is 0 Å². The third-order valence-corrected chi connectivity index (χ3v) is 5.06. The van der Waals surface area contributed by atoms with Crippen molar-refractivity contribution < 1.29 is 9.84 Å². The summed E-state index contributed by atoms with van der Waals surface area (Å²) in [5, 5.41) is 23.2. The Morgan fingerprint density at radius 2 is 1.85 bits per heavy atom. The quantitative estimate of drug-likeness (QED) is 0.623. The SMILES string of the molecule is Cc1cccc(C)c1OC[C@@H](O)CSc1nnnn1-c1ccc(Cl)cc1. The smallest absolute Gasteiger partial charge is 0.214 e. The molecule has 0 saturated heterocycles. The zero-order valence-corrected chi connectivity index (χ0v) is 16.0. The zero-order valence-electron chi connectivity index (χ0n) is 14.5. The fraction of sp³-hybridized carbons (Fsp3) is 0.278. The van der Waals surface area contributed by atoms with Crippen molar-refractivity contribution in [1.82, 2.24) is 20.2 Å². The van der Waals surface area contributed by atoms with Gasteiger partial charge in [0.05, 0.1) is 11.8 Å². The number of aryl methyl sites for hydroxylation is 2. The predicted octanol–water partition coefficient (Wildman–Crippen LogP) is 3.46. The van der Waals surface area contributed by atoms with Gasteiger partial charge in [-0.3, -0.25) is 0 Å². The summed E-state index contributed by atoms with van der Waals surface area (Å²) in [5.74, 6) is 1.24. The highest BCUT2D eigenvalue weighted by molar-refractivity contribution is 7.99. The molecule has 0 fully saturated rings. The number of hydrogen-bond acceptors (Lipinski definition) is 6. The van der Waals surface area contributed by atoms with Crippen LogP contribution >= 0.6 is 23.4 Å². The first-order valence-corrected chi connectivity index (χ1v) is 9.45. The highest BCUT2D eigenvalue weighted by atomic mass is 35.5. The van der Waals surface area contributed by atoms with Crippen LogP contribution in [0.25, 0.3) is 5.69 Å². The molecule has 0 aliphatic rings. The topological polar surface area (TPSA) is 73.1 Å². The Morgan fingerprint density at radius 3 is 2.54 bits per heavy atom. The molecular weight excluding hydrogens is 372 g/mol. The number of ether oxygens (including phenoxy) is 1. The van der Waals surface area contributed by atoms with Gasteiger partial charge < -0.3 is 9.84 Å². The van der Waals surface area contributed by atoms with Crippen molar-refractivity contribution in [2.45, 2.75) is 25.1 Å². The number of para-hydroxylation sites is 1. The minimum Gasteiger partial charge on any atom is -0.490 e. The number of benzene rings is 2. The summed E-state index contributed by atoms with van der Waals surface area (Å²) in [6.45, 7) is 4.19. The van der Waals surface area contributed by atoms with Gasteiger partial charge in [0.2, 0.25) is 5.16 Å².